The number of halogens is 2. The van der Waals surface area contributed by atoms with Gasteiger partial charge in [-0.05, 0) is 24.6 Å². The first-order valence-electron chi connectivity index (χ1n) is 3.04. The van der Waals surface area contributed by atoms with E-state index >= 15 is 0 Å². The molecule has 0 aromatic rings. The maximum atomic E-state index is 5.79. The Hall–Kier alpha value is 1.19. The van der Waals surface area contributed by atoms with Crippen LogP contribution in [0.5, 0.6) is 0 Å². The van der Waals surface area contributed by atoms with Gasteiger partial charge in [0.15, 0.2) is 0 Å². The van der Waals surface area contributed by atoms with Crippen molar-refractivity contribution in [3.05, 3.63) is 0 Å². The van der Waals surface area contributed by atoms with Gasteiger partial charge in [-0.2, -0.15) is 0 Å². The van der Waals surface area contributed by atoms with E-state index in [0.717, 1.165) is 19.4 Å². The Labute approximate surface area is 85.4 Å². The van der Waals surface area contributed by atoms with Crippen LogP contribution in [0.3, 0.4) is 0 Å². The van der Waals surface area contributed by atoms with Crippen molar-refractivity contribution in [1.29, 1.82) is 0 Å². The summed E-state index contributed by atoms with van der Waals surface area (Å²) < 4.78 is 1.57. The molecule has 10 heavy (non-hydrogen) atoms. The zero-order valence-electron chi connectivity index (χ0n) is 5.37. The van der Waals surface area contributed by atoms with Crippen molar-refractivity contribution in [3.63, 3.8) is 0 Å². The minimum atomic E-state index is -0.180. The van der Waals surface area contributed by atoms with E-state index in [2.05, 4.69) is 0 Å². The number of nitrogens with two attached hydrogens (primary N) is 1. The molecule has 2 N–H and O–H groups in total. The van der Waals surface area contributed by atoms with Crippen LogP contribution in [0, 0.1) is 0 Å². The van der Waals surface area contributed by atoms with E-state index in [1.54, 1.807) is 4.42 Å². The molecule has 0 saturated carbocycles. The molecule has 1 heterocycles. The molecule has 0 unspecified atom stereocenters. The third-order valence-electron chi connectivity index (χ3n) is 1.53. The Balaban J connectivity index is 0.000000810. The predicted molar refractivity (Wildman–Crippen MR) is 39.4 cm³/mol. The third kappa shape index (κ3) is 2.67. The fraction of sp³-hybridized carbons (Fsp3) is 1.00. The molecule has 2 nitrogen and oxygen atoms in total. The van der Waals surface area contributed by atoms with Gasteiger partial charge in [-0.3, -0.25) is 0 Å². The molecule has 62 valence electrons. The molecule has 1 aliphatic heterocycles. The number of rotatable bonds is 0. The predicted octanol–water partition coefficient (Wildman–Crippen LogP) is 1.13. The van der Waals surface area contributed by atoms with Crippen molar-refractivity contribution in [2.75, 3.05) is 6.54 Å². The minimum Gasteiger partial charge on any atom is -0.325 e. The molecule has 5 heteroatoms. The van der Waals surface area contributed by atoms with Crippen molar-refractivity contribution in [2.45, 2.75) is 24.4 Å². The van der Waals surface area contributed by atoms with E-state index in [-0.39, 0.29) is 32.6 Å². The van der Waals surface area contributed by atoms with Gasteiger partial charge in [0.25, 0.3) is 0 Å². The first-order chi connectivity index (χ1) is 4.22. The van der Waals surface area contributed by atoms with Gasteiger partial charge in [0, 0.05) is 12.6 Å². The second-order valence-electron chi connectivity index (χ2n) is 2.30. The molecule has 0 spiro atoms. The summed E-state index contributed by atoms with van der Waals surface area (Å²) in [5, 5.41) is 0. The Kier molecular flexibility index (Phi) is 5.53. The molecule has 1 aliphatic rings. The average Bonchev–Trinajstić information content (AvgIpc) is 1.83. The number of alkyl halides is 1. The van der Waals surface area contributed by atoms with E-state index in [4.69, 9.17) is 29.1 Å². The van der Waals surface area contributed by atoms with Gasteiger partial charge in [-0.1, -0.05) is 0 Å². The van der Waals surface area contributed by atoms with Gasteiger partial charge in [0.05, 0.1) is 0 Å². The zero-order valence-corrected chi connectivity index (χ0v) is 9.16. The number of piperidine rings is 1. The summed E-state index contributed by atoms with van der Waals surface area (Å²) >= 11 is 11.5. The van der Waals surface area contributed by atoms with Crippen LogP contribution >= 0.6 is 23.4 Å². The smallest absolute Gasteiger partial charge is 0.325 e. The zero-order chi connectivity index (χ0) is 6.85. The van der Waals surface area contributed by atoms with Crippen molar-refractivity contribution < 1.29 is 21.1 Å². The molecule has 0 aromatic heterocycles. The van der Waals surface area contributed by atoms with Crippen LogP contribution in [0.4, 0.5) is 0 Å². The summed E-state index contributed by atoms with van der Waals surface area (Å²) in [6.07, 6.45) is 2.03. The molecule has 1 fully saturated rings. The first-order valence-corrected chi connectivity index (χ1v) is 3.81. The second-order valence-corrected chi connectivity index (χ2v) is 3.18. The monoisotopic (exact) mass is 363 g/mol. The SMILES string of the molecule is N[C@H]1CCCN(Cl)[C@H]1Cl.[Pt+2]. The average molecular weight is 364 g/mol. The van der Waals surface area contributed by atoms with E-state index in [1.165, 1.54) is 0 Å². The van der Waals surface area contributed by atoms with Crippen LogP contribution < -0.4 is 5.73 Å². The van der Waals surface area contributed by atoms with Crippen LogP contribution in [0.2, 0.25) is 0 Å². The number of hydrogen-bond acceptors (Lipinski definition) is 2. The van der Waals surface area contributed by atoms with Crippen LogP contribution in [0.1, 0.15) is 12.8 Å². The first kappa shape index (κ1) is 11.2. The van der Waals surface area contributed by atoms with Crippen LogP contribution in [-0.4, -0.2) is 22.5 Å². The molecule has 0 bridgehead atoms. The molecule has 0 aromatic carbocycles. The summed E-state index contributed by atoms with van der Waals surface area (Å²) in [6, 6.07) is 0.0397. The summed E-state index contributed by atoms with van der Waals surface area (Å²) in [5.41, 5.74) is 5.43. The summed E-state index contributed by atoms with van der Waals surface area (Å²) in [7, 11) is 0. The summed E-state index contributed by atoms with van der Waals surface area (Å²) in [6.45, 7) is 0.851. The van der Waals surface area contributed by atoms with Crippen molar-refractivity contribution >= 4 is 23.4 Å². The third-order valence-corrected chi connectivity index (χ3v) is 2.57. The largest absolute Gasteiger partial charge is 2.00 e. The Bertz CT molecular complexity index is 93.6. The Morgan fingerprint density at radius 3 is 2.50 bits per heavy atom. The normalized spacial score (nSPS) is 35.1. The van der Waals surface area contributed by atoms with Crippen LogP contribution in [0.25, 0.3) is 0 Å². The van der Waals surface area contributed by atoms with Crippen molar-refractivity contribution in [3.8, 4) is 0 Å². The maximum absolute atomic E-state index is 5.79. The maximum Gasteiger partial charge on any atom is 2.00 e. The van der Waals surface area contributed by atoms with Crippen LogP contribution in [-0.2, 0) is 21.1 Å². The second kappa shape index (κ2) is 4.95. The van der Waals surface area contributed by atoms with Crippen LogP contribution in [0.15, 0.2) is 0 Å². The number of hydrogen-bond donors (Lipinski definition) is 1. The van der Waals surface area contributed by atoms with Crippen molar-refractivity contribution in [1.82, 2.24) is 4.42 Å². The Morgan fingerprint density at radius 1 is 1.50 bits per heavy atom. The number of nitrogens with zero attached hydrogens (tertiary/aromatic N) is 1. The van der Waals surface area contributed by atoms with Crippen molar-refractivity contribution in [2.24, 2.45) is 5.73 Å². The standard InChI is InChI=1S/C5H10Cl2N2.Pt/c6-5-4(8)2-1-3-9(5)7;/h4-5H,1-3,8H2;/q;+2/t4-,5+;/m0./s1. The van der Waals surface area contributed by atoms with Gasteiger partial charge in [-0.15, -0.1) is 11.6 Å². The van der Waals surface area contributed by atoms with E-state index in [0.29, 0.717) is 0 Å². The Morgan fingerprint density at radius 2 is 2.10 bits per heavy atom. The van der Waals surface area contributed by atoms with Gasteiger partial charge in [0.2, 0.25) is 0 Å². The quantitative estimate of drug-likeness (QED) is 0.397. The van der Waals surface area contributed by atoms with Gasteiger partial charge in [0.1, 0.15) is 5.50 Å². The molecule has 0 aliphatic carbocycles. The molecular weight excluding hydrogens is 354 g/mol. The van der Waals surface area contributed by atoms with E-state index < -0.39 is 0 Å². The van der Waals surface area contributed by atoms with Gasteiger partial charge >= 0.3 is 21.1 Å². The molecule has 1 rings (SSSR count). The van der Waals surface area contributed by atoms with Gasteiger partial charge in [-0.25, -0.2) is 4.42 Å². The summed E-state index contributed by atoms with van der Waals surface area (Å²) in [5.74, 6) is 0. The molecule has 0 amide bonds. The van der Waals surface area contributed by atoms with E-state index in [1.807, 2.05) is 0 Å². The molecular formula is C5H10Cl2N2Pt+2. The minimum absolute atomic E-state index is 0. The van der Waals surface area contributed by atoms with E-state index in [9.17, 15) is 0 Å². The van der Waals surface area contributed by atoms with Gasteiger partial charge < -0.3 is 5.73 Å². The topological polar surface area (TPSA) is 29.3 Å². The molecule has 1 saturated heterocycles. The molecule has 2 atom stereocenters. The summed E-state index contributed by atoms with van der Waals surface area (Å²) in [4.78, 5) is 0. The fourth-order valence-electron chi connectivity index (χ4n) is 0.947. The molecule has 0 radical (unpaired) electrons. The fourth-order valence-corrected chi connectivity index (χ4v) is 1.43.